The highest BCUT2D eigenvalue weighted by Gasteiger charge is 2.24. The zero-order chi connectivity index (χ0) is 10.8. The molecule has 15 heavy (non-hydrogen) atoms. The molecule has 2 rings (SSSR count). The largest absolute Gasteiger partial charge is 0.369 e. The molecule has 1 aliphatic carbocycles. The van der Waals surface area contributed by atoms with Crippen LogP contribution < -0.4 is 5.73 Å². The molecular formula is C11H18N2OS. The summed E-state index contributed by atoms with van der Waals surface area (Å²) >= 11 is 1.72. The second-order valence-corrected chi connectivity index (χ2v) is 5.48. The maximum atomic E-state index is 5.94. The van der Waals surface area contributed by atoms with Gasteiger partial charge in [0.15, 0.2) is 0 Å². The van der Waals surface area contributed by atoms with E-state index in [2.05, 4.69) is 11.9 Å². The van der Waals surface area contributed by atoms with Crippen molar-refractivity contribution in [3.63, 3.8) is 0 Å². The first-order valence-electron chi connectivity index (χ1n) is 5.47. The Morgan fingerprint density at radius 2 is 2.27 bits per heavy atom. The Kier molecular flexibility index (Phi) is 3.38. The maximum absolute atomic E-state index is 5.94. The standard InChI is InChI=1S/C11H18N2OS/c1-7-8(2)15-11(13-7)6-14-10-5-3-4-9(10)12/h9-10H,3-6,12H2,1-2H3. The lowest BCUT2D eigenvalue weighted by atomic mass is 10.2. The number of rotatable bonds is 3. The van der Waals surface area contributed by atoms with Crippen molar-refractivity contribution in [2.45, 2.75) is 51.9 Å². The van der Waals surface area contributed by atoms with E-state index in [0.29, 0.717) is 6.61 Å². The molecule has 1 aliphatic rings. The second-order valence-electron chi connectivity index (χ2n) is 4.19. The highest BCUT2D eigenvalue weighted by Crippen LogP contribution is 2.23. The van der Waals surface area contributed by atoms with Gasteiger partial charge < -0.3 is 10.5 Å². The molecule has 1 fully saturated rings. The van der Waals surface area contributed by atoms with Crippen molar-refractivity contribution in [1.29, 1.82) is 0 Å². The molecule has 0 amide bonds. The summed E-state index contributed by atoms with van der Waals surface area (Å²) in [6.45, 7) is 4.76. The van der Waals surface area contributed by atoms with Gasteiger partial charge in [0.05, 0.1) is 18.4 Å². The van der Waals surface area contributed by atoms with Crippen LogP contribution in [0.4, 0.5) is 0 Å². The third-order valence-electron chi connectivity index (χ3n) is 3.00. The number of ether oxygens (including phenoxy) is 1. The van der Waals surface area contributed by atoms with Gasteiger partial charge in [0, 0.05) is 10.9 Å². The summed E-state index contributed by atoms with van der Waals surface area (Å²) < 4.78 is 5.79. The fraction of sp³-hybridized carbons (Fsp3) is 0.727. The van der Waals surface area contributed by atoms with E-state index >= 15 is 0 Å². The van der Waals surface area contributed by atoms with E-state index in [1.807, 2.05) is 6.92 Å². The van der Waals surface area contributed by atoms with Crippen LogP contribution in [-0.2, 0) is 11.3 Å². The number of aryl methyl sites for hydroxylation is 2. The summed E-state index contributed by atoms with van der Waals surface area (Å²) in [7, 11) is 0. The van der Waals surface area contributed by atoms with E-state index < -0.39 is 0 Å². The molecule has 0 spiro atoms. The number of aromatic nitrogens is 1. The van der Waals surface area contributed by atoms with Crippen molar-refractivity contribution in [3.8, 4) is 0 Å². The molecule has 2 N–H and O–H groups in total. The van der Waals surface area contributed by atoms with Crippen molar-refractivity contribution >= 4 is 11.3 Å². The molecule has 0 aliphatic heterocycles. The fourth-order valence-corrected chi connectivity index (χ4v) is 2.80. The van der Waals surface area contributed by atoms with Crippen molar-refractivity contribution in [2.75, 3.05) is 0 Å². The lowest BCUT2D eigenvalue weighted by Crippen LogP contribution is -2.31. The average Bonchev–Trinajstić information content (AvgIpc) is 2.72. The van der Waals surface area contributed by atoms with Crippen LogP contribution in [0.15, 0.2) is 0 Å². The minimum atomic E-state index is 0.229. The van der Waals surface area contributed by atoms with E-state index in [0.717, 1.165) is 23.5 Å². The van der Waals surface area contributed by atoms with Crippen LogP contribution in [0.3, 0.4) is 0 Å². The highest BCUT2D eigenvalue weighted by molar-refractivity contribution is 7.11. The molecule has 4 heteroatoms. The van der Waals surface area contributed by atoms with Gasteiger partial charge >= 0.3 is 0 Å². The molecule has 1 aromatic heterocycles. The van der Waals surface area contributed by atoms with Crippen LogP contribution in [-0.4, -0.2) is 17.1 Å². The smallest absolute Gasteiger partial charge is 0.119 e. The van der Waals surface area contributed by atoms with Gasteiger partial charge in [-0.15, -0.1) is 11.3 Å². The van der Waals surface area contributed by atoms with Gasteiger partial charge in [-0.25, -0.2) is 4.98 Å². The van der Waals surface area contributed by atoms with Crippen molar-refractivity contribution in [1.82, 2.24) is 4.98 Å². The van der Waals surface area contributed by atoms with Gasteiger partial charge in [0.25, 0.3) is 0 Å². The molecule has 0 saturated heterocycles. The molecule has 1 saturated carbocycles. The summed E-state index contributed by atoms with van der Waals surface area (Å²) in [6.07, 6.45) is 3.64. The average molecular weight is 226 g/mol. The van der Waals surface area contributed by atoms with Crippen LogP contribution in [0, 0.1) is 13.8 Å². The molecule has 2 atom stereocenters. The van der Waals surface area contributed by atoms with Gasteiger partial charge in [-0.05, 0) is 33.1 Å². The summed E-state index contributed by atoms with van der Waals surface area (Å²) in [5, 5.41) is 1.07. The quantitative estimate of drug-likeness (QED) is 0.859. The second kappa shape index (κ2) is 4.60. The predicted molar refractivity (Wildman–Crippen MR) is 62.0 cm³/mol. The number of nitrogens with zero attached hydrogens (tertiary/aromatic N) is 1. The van der Waals surface area contributed by atoms with E-state index in [4.69, 9.17) is 10.5 Å². The molecule has 0 bridgehead atoms. The first-order valence-corrected chi connectivity index (χ1v) is 6.28. The first-order chi connectivity index (χ1) is 7.16. The summed E-state index contributed by atoms with van der Waals surface area (Å²) in [4.78, 5) is 5.73. The van der Waals surface area contributed by atoms with E-state index in [1.165, 1.54) is 11.3 Å². The topological polar surface area (TPSA) is 48.1 Å². The summed E-state index contributed by atoms with van der Waals surface area (Å²) in [5.41, 5.74) is 7.06. The van der Waals surface area contributed by atoms with Gasteiger partial charge in [0.2, 0.25) is 0 Å². The van der Waals surface area contributed by atoms with Crippen molar-refractivity contribution in [3.05, 3.63) is 15.6 Å². The highest BCUT2D eigenvalue weighted by atomic mass is 32.1. The molecule has 1 heterocycles. The number of nitrogens with two attached hydrogens (primary N) is 1. The molecule has 3 nitrogen and oxygen atoms in total. The Labute approximate surface area is 94.7 Å². The molecule has 0 aromatic carbocycles. The van der Waals surface area contributed by atoms with Gasteiger partial charge in [-0.3, -0.25) is 0 Å². The number of thiazole rings is 1. The lowest BCUT2D eigenvalue weighted by Gasteiger charge is -2.15. The predicted octanol–water partition coefficient (Wildman–Crippen LogP) is 2.16. The van der Waals surface area contributed by atoms with E-state index in [-0.39, 0.29) is 12.1 Å². The normalized spacial score (nSPS) is 26.1. The van der Waals surface area contributed by atoms with Crippen LogP contribution >= 0.6 is 11.3 Å². The lowest BCUT2D eigenvalue weighted by molar-refractivity contribution is 0.0356. The molecule has 2 unspecified atom stereocenters. The Morgan fingerprint density at radius 3 is 2.80 bits per heavy atom. The summed E-state index contributed by atoms with van der Waals surface area (Å²) in [5.74, 6) is 0. The van der Waals surface area contributed by atoms with Crippen molar-refractivity contribution in [2.24, 2.45) is 5.73 Å². The third kappa shape index (κ3) is 2.56. The van der Waals surface area contributed by atoms with Crippen molar-refractivity contribution < 1.29 is 4.74 Å². The maximum Gasteiger partial charge on any atom is 0.119 e. The Hall–Kier alpha value is -0.450. The van der Waals surface area contributed by atoms with Crippen LogP contribution in [0.5, 0.6) is 0 Å². The molecular weight excluding hydrogens is 208 g/mol. The van der Waals surface area contributed by atoms with Gasteiger partial charge in [-0.2, -0.15) is 0 Å². The van der Waals surface area contributed by atoms with Crippen LogP contribution in [0.2, 0.25) is 0 Å². The minimum Gasteiger partial charge on any atom is -0.369 e. The monoisotopic (exact) mass is 226 g/mol. The first kappa shape index (κ1) is 11.0. The summed E-state index contributed by atoms with van der Waals surface area (Å²) in [6, 6.07) is 0.229. The number of hydrogen-bond donors (Lipinski definition) is 1. The van der Waals surface area contributed by atoms with Gasteiger partial charge in [-0.1, -0.05) is 0 Å². The number of hydrogen-bond acceptors (Lipinski definition) is 4. The van der Waals surface area contributed by atoms with Gasteiger partial charge in [0.1, 0.15) is 5.01 Å². The van der Waals surface area contributed by atoms with Crippen LogP contribution in [0.1, 0.15) is 34.8 Å². The SMILES string of the molecule is Cc1nc(COC2CCCC2N)sc1C. The third-order valence-corrected chi connectivity index (χ3v) is 4.04. The molecule has 84 valence electrons. The zero-order valence-electron chi connectivity index (χ0n) is 9.32. The Bertz CT molecular complexity index is 318. The molecule has 1 aromatic rings. The zero-order valence-corrected chi connectivity index (χ0v) is 10.1. The van der Waals surface area contributed by atoms with Crippen LogP contribution in [0.25, 0.3) is 0 Å². The van der Waals surface area contributed by atoms with E-state index in [1.54, 1.807) is 11.3 Å². The molecule has 0 radical (unpaired) electrons. The Balaban J connectivity index is 1.87. The Morgan fingerprint density at radius 1 is 1.47 bits per heavy atom. The van der Waals surface area contributed by atoms with E-state index in [9.17, 15) is 0 Å². The fourth-order valence-electron chi connectivity index (χ4n) is 1.94. The minimum absolute atomic E-state index is 0.229.